The van der Waals surface area contributed by atoms with Crippen molar-refractivity contribution in [3.05, 3.63) is 25.3 Å². The molecule has 122 valence electrons. The van der Waals surface area contributed by atoms with Gasteiger partial charge in [-0.25, -0.2) is 9.59 Å². The highest BCUT2D eigenvalue weighted by Gasteiger charge is 2.45. The molecule has 0 aromatic rings. The Morgan fingerprint density at radius 1 is 1.09 bits per heavy atom. The van der Waals surface area contributed by atoms with Crippen LogP contribution in [-0.4, -0.2) is 72.1 Å². The van der Waals surface area contributed by atoms with Gasteiger partial charge in [0.05, 0.1) is 12.6 Å². The number of nitrogens with zero attached hydrogens (tertiary/aromatic N) is 2. The van der Waals surface area contributed by atoms with E-state index in [4.69, 9.17) is 9.47 Å². The third-order valence-electron chi connectivity index (χ3n) is 3.92. The van der Waals surface area contributed by atoms with Gasteiger partial charge in [0.15, 0.2) is 0 Å². The fourth-order valence-corrected chi connectivity index (χ4v) is 2.84. The van der Waals surface area contributed by atoms with Gasteiger partial charge in [0.25, 0.3) is 0 Å². The molecule has 0 aromatic carbocycles. The minimum atomic E-state index is -0.553. The van der Waals surface area contributed by atoms with Crippen LogP contribution in [0.25, 0.3) is 0 Å². The van der Waals surface area contributed by atoms with Gasteiger partial charge in [0, 0.05) is 25.0 Å². The summed E-state index contributed by atoms with van der Waals surface area (Å²) in [7, 11) is 0. The summed E-state index contributed by atoms with van der Waals surface area (Å²) in [4.78, 5) is 26.8. The lowest BCUT2D eigenvalue weighted by atomic mass is 9.90. The Labute approximate surface area is 129 Å². The molecule has 0 unspecified atom stereocenters. The quantitative estimate of drug-likeness (QED) is 0.766. The molecule has 0 bridgehead atoms. The van der Waals surface area contributed by atoms with E-state index in [0.717, 1.165) is 0 Å². The lowest BCUT2D eigenvalue weighted by molar-refractivity contribution is 0.0248. The maximum atomic E-state index is 12.0. The lowest BCUT2D eigenvalue weighted by Crippen LogP contribution is -2.57. The first-order chi connectivity index (χ1) is 10.6. The fourth-order valence-electron chi connectivity index (χ4n) is 2.84. The zero-order valence-electron chi connectivity index (χ0n) is 12.5. The van der Waals surface area contributed by atoms with E-state index in [0.29, 0.717) is 19.5 Å². The van der Waals surface area contributed by atoms with Gasteiger partial charge in [-0.2, -0.15) is 0 Å². The van der Waals surface area contributed by atoms with Crippen molar-refractivity contribution < 1.29 is 24.2 Å². The molecule has 1 N–H and O–H groups in total. The monoisotopic (exact) mass is 310 g/mol. The average molecular weight is 310 g/mol. The summed E-state index contributed by atoms with van der Waals surface area (Å²) >= 11 is 0. The number of likely N-dealkylation sites (tertiary alicyclic amines) is 2. The summed E-state index contributed by atoms with van der Waals surface area (Å²) in [5.74, 6) is 0.129. The van der Waals surface area contributed by atoms with Gasteiger partial charge >= 0.3 is 12.2 Å². The zero-order chi connectivity index (χ0) is 16.1. The van der Waals surface area contributed by atoms with Crippen LogP contribution in [0.4, 0.5) is 9.59 Å². The van der Waals surface area contributed by atoms with Crippen molar-refractivity contribution in [1.29, 1.82) is 0 Å². The summed E-state index contributed by atoms with van der Waals surface area (Å²) in [6, 6.07) is -0.115. The van der Waals surface area contributed by atoms with Crippen molar-refractivity contribution in [3.8, 4) is 0 Å². The van der Waals surface area contributed by atoms with Crippen LogP contribution in [0.15, 0.2) is 25.3 Å². The molecule has 0 spiro atoms. The third-order valence-corrected chi connectivity index (χ3v) is 3.92. The molecule has 0 aliphatic carbocycles. The van der Waals surface area contributed by atoms with Crippen LogP contribution in [0.5, 0.6) is 0 Å². The lowest BCUT2D eigenvalue weighted by Gasteiger charge is -2.43. The van der Waals surface area contributed by atoms with Gasteiger partial charge in [-0.05, 0) is 6.42 Å². The van der Waals surface area contributed by atoms with Crippen LogP contribution >= 0.6 is 0 Å². The first-order valence-electron chi connectivity index (χ1n) is 7.31. The molecule has 0 saturated carbocycles. The molecule has 2 fully saturated rings. The van der Waals surface area contributed by atoms with E-state index in [1.165, 1.54) is 12.2 Å². The number of hydrogen-bond donors (Lipinski definition) is 1. The molecular weight excluding hydrogens is 288 g/mol. The maximum absolute atomic E-state index is 12.0. The number of carbonyl (C=O) groups excluding carboxylic acids is 2. The van der Waals surface area contributed by atoms with Crippen LogP contribution in [-0.2, 0) is 9.47 Å². The number of amides is 2. The van der Waals surface area contributed by atoms with Gasteiger partial charge < -0.3 is 24.4 Å². The SMILES string of the molecule is C=CCOC(=O)N1CC([C@@H]2C[C@@H](O)CN2C(=O)OCC=C)C1. The van der Waals surface area contributed by atoms with Crippen molar-refractivity contribution >= 4 is 12.2 Å². The normalized spacial score (nSPS) is 24.6. The summed E-state index contributed by atoms with van der Waals surface area (Å²) in [5.41, 5.74) is 0. The Morgan fingerprint density at radius 2 is 1.68 bits per heavy atom. The molecule has 2 aliphatic rings. The van der Waals surface area contributed by atoms with E-state index in [2.05, 4.69) is 13.2 Å². The summed E-state index contributed by atoms with van der Waals surface area (Å²) in [6.45, 7) is 8.60. The molecule has 2 heterocycles. The molecule has 2 atom stereocenters. The second-order valence-electron chi connectivity index (χ2n) is 5.51. The van der Waals surface area contributed by atoms with Gasteiger partial charge in [0.2, 0.25) is 0 Å². The highest BCUT2D eigenvalue weighted by molar-refractivity contribution is 5.70. The summed E-state index contributed by atoms with van der Waals surface area (Å²) in [5, 5.41) is 9.82. The highest BCUT2D eigenvalue weighted by atomic mass is 16.6. The first-order valence-corrected chi connectivity index (χ1v) is 7.31. The first kappa shape index (κ1) is 16.4. The van der Waals surface area contributed by atoms with Crippen molar-refractivity contribution in [3.63, 3.8) is 0 Å². The molecule has 0 radical (unpaired) electrons. The van der Waals surface area contributed by atoms with Crippen LogP contribution in [0, 0.1) is 5.92 Å². The molecule has 7 heteroatoms. The predicted molar refractivity (Wildman–Crippen MR) is 79.3 cm³/mol. The average Bonchev–Trinajstić information content (AvgIpc) is 2.82. The number of ether oxygens (including phenoxy) is 2. The fraction of sp³-hybridized carbons (Fsp3) is 0.600. The second kappa shape index (κ2) is 7.31. The van der Waals surface area contributed by atoms with Gasteiger partial charge in [-0.1, -0.05) is 25.3 Å². The molecule has 2 amide bonds. The zero-order valence-corrected chi connectivity index (χ0v) is 12.5. The van der Waals surface area contributed by atoms with E-state index in [1.54, 1.807) is 9.80 Å². The number of β-amino-alcohol motifs (C(OH)–C–C–N with tert-alkyl or cyclic N) is 1. The largest absolute Gasteiger partial charge is 0.445 e. The minimum Gasteiger partial charge on any atom is -0.445 e. The maximum Gasteiger partial charge on any atom is 0.410 e. The molecule has 2 rings (SSSR count). The molecular formula is C15H22N2O5. The Balaban J connectivity index is 1.86. The van der Waals surface area contributed by atoms with Gasteiger partial charge in [-0.15, -0.1) is 0 Å². The molecule has 7 nitrogen and oxygen atoms in total. The number of rotatable bonds is 5. The number of carbonyl (C=O) groups is 2. The highest BCUT2D eigenvalue weighted by Crippen LogP contribution is 2.31. The van der Waals surface area contributed by atoms with Crippen molar-refractivity contribution in [1.82, 2.24) is 9.80 Å². The van der Waals surface area contributed by atoms with Crippen LogP contribution < -0.4 is 0 Å². The Bertz CT molecular complexity index is 447. The van der Waals surface area contributed by atoms with Crippen LogP contribution in [0.2, 0.25) is 0 Å². The number of aliphatic hydroxyl groups excluding tert-OH is 1. The summed E-state index contributed by atoms with van der Waals surface area (Å²) < 4.78 is 10.00. The van der Waals surface area contributed by atoms with Crippen molar-refractivity contribution in [2.75, 3.05) is 32.8 Å². The number of aliphatic hydroxyl groups is 1. The standard InChI is InChI=1S/C15H22N2O5/c1-3-5-21-14(19)16-8-11(9-16)13-7-12(18)10-17(13)15(20)22-6-4-2/h3-4,11-13,18H,1-2,5-10H2/t12-,13+/m1/s1. The Morgan fingerprint density at radius 3 is 2.27 bits per heavy atom. The number of hydrogen-bond acceptors (Lipinski definition) is 5. The molecule has 2 aliphatic heterocycles. The molecule has 2 saturated heterocycles. The smallest absolute Gasteiger partial charge is 0.410 e. The van der Waals surface area contributed by atoms with E-state index in [9.17, 15) is 14.7 Å². The van der Waals surface area contributed by atoms with E-state index in [1.807, 2.05) is 0 Å². The second-order valence-corrected chi connectivity index (χ2v) is 5.51. The van der Waals surface area contributed by atoms with Crippen LogP contribution in [0.1, 0.15) is 6.42 Å². The van der Waals surface area contributed by atoms with Crippen molar-refractivity contribution in [2.24, 2.45) is 5.92 Å². The third kappa shape index (κ3) is 3.59. The Hall–Kier alpha value is -2.02. The van der Waals surface area contributed by atoms with Gasteiger partial charge in [-0.3, -0.25) is 0 Å². The van der Waals surface area contributed by atoms with Crippen molar-refractivity contribution in [2.45, 2.75) is 18.6 Å². The molecule has 22 heavy (non-hydrogen) atoms. The van der Waals surface area contributed by atoms with E-state index in [-0.39, 0.29) is 37.8 Å². The van der Waals surface area contributed by atoms with E-state index >= 15 is 0 Å². The topological polar surface area (TPSA) is 79.3 Å². The molecule has 0 aromatic heterocycles. The Kier molecular flexibility index (Phi) is 5.43. The van der Waals surface area contributed by atoms with Gasteiger partial charge in [0.1, 0.15) is 13.2 Å². The van der Waals surface area contributed by atoms with Crippen LogP contribution in [0.3, 0.4) is 0 Å². The minimum absolute atomic E-state index is 0.115. The summed E-state index contributed by atoms with van der Waals surface area (Å²) in [6.07, 6.45) is 2.14. The van der Waals surface area contributed by atoms with E-state index < -0.39 is 12.2 Å². The predicted octanol–water partition coefficient (Wildman–Crippen LogP) is 0.999.